The number of hydrogen-bond donors (Lipinski definition) is 1. The SMILES string of the molecule is C[C@H]1C(O)=C(C#N)C[C@@]2(C)c3c(c(-c4cccnc4)nn3-c3ccc(-c4ccnc(CF)c4)cc3)CC[C@H]12. The second kappa shape index (κ2) is 9.21. The largest absolute Gasteiger partial charge is 0.511 e. The van der Waals surface area contributed by atoms with Gasteiger partial charge in [-0.05, 0) is 72.7 Å². The number of aliphatic hydroxyl groups is 1. The zero-order valence-corrected chi connectivity index (χ0v) is 21.4. The van der Waals surface area contributed by atoms with E-state index >= 15 is 0 Å². The Morgan fingerprint density at radius 2 is 1.95 bits per heavy atom. The number of halogens is 1. The first-order chi connectivity index (χ1) is 18.4. The molecule has 0 saturated heterocycles. The molecule has 0 unspecified atom stereocenters. The number of aromatic nitrogens is 4. The highest BCUT2D eigenvalue weighted by Gasteiger charge is 2.51. The van der Waals surface area contributed by atoms with Gasteiger partial charge in [0.15, 0.2) is 0 Å². The Morgan fingerprint density at radius 1 is 1.13 bits per heavy atom. The molecule has 3 aromatic heterocycles. The summed E-state index contributed by atoms with van der Waals surface area (Å²) >= 11 is 0. The maximum atomic E-state index is 13.2. The van der Waals surface area contributed by atoms with Crippen LogP contribution in [0, 0.1) is 23.2 Å². The van der Waals surface area contributed by atoms with E-state index in [4.69, 9.17) is 5.10 Å². The first kappa shape index (κ1) is 24.1. The molecular formula is C31H28FN5O. The molecule has 0 fully saturated rings. The van der Waals surface area contributed by atoms with E-state index in [1.807, 2.05) is 60.3 Å². The Balaban J connectivity index is 1.52. The summed E-state index contributed by atoms with van der Waals surface area (Å²) in [6, 6.07) is 17.9. The third-order valence-electron chi connectivity index (χ3n) is 8.40. The minimum Gasteiger partial charge on any atom is -0.511 e. The van der Waals surface area contributed by atoms with Crippen molar-refractivity contribution in [3.05, 3.63) is 95.4 Å². The topological polar surface area (TPSA) is 87.6 Å². The lowest BCUT2D eigenvalue weighted by atomic mass is 9.56. The van der Waals surface area contributed by atoms with E-state index in [9.17, 15) is 14.8 Å². The number of allylic oxidation sites excluding steroid dienone is 2. The molecule has 38 heavy (non-hydrogen) atoms. The number of aliphatic hydroxyl groups excluding tert-OH is 1. The van der Waals surface area contributed by atoms with Crippen molar-refractivity contribution in [2.45, 2.75) is 45.2 Å². The van der Waals surface area contributed by atoms with Gasteiger partial charge >= 0.3 is 0 Å². The molecule has 1 N–H and O–H groups in total. The molecule has 6 rings (SSSR count). The molecule has 2 aliphatic rings. The number of pyridine rings is 2. The molecule has 0 radical (unpaired) electrons. The van der Waals surface area contributed by atoms with E-state index in [0.29, 0.717) is 17.7 Å². The molecule has 3 heterocycles. The van der Waals surface area contributed by atoms with Crippen molar-refractivity contribution in [2.75, 3.05) is 0 Å². The van der Waals surface area contributed by atoms with E-state index in [1.54, 1.807) is 18.5 Å². The zero-order chi connectivity index (χ0) is 26.4. The summed E-state index contributed by atoms with van der Waals surface area (Å²) in [4.78, 5) is 8.39. The number of alkyl halides is 1. The summed E-state index contributed by atoms with van der Waals surface area (Å²) in [6.07, 6.45) is 7.43. The summed E-state index contributed by atoms with van der Waals surface area (Å²) in [6.45, 7) is 3.64. The van der Waals surface area contributed by atoms with Gasteiger partial charge in [-0.2, -0.15) is 10.4 Å². The number of nitrogens with zero attached hydrogens (tertiary/aromatic N) is 5. The number of benzene rings is 1. The highest BCUT2D eigenvalue weighted by atomic mass is 19.1. The second-order valence-corrected chi connectivity index (χ2v) is 10.5. The number of hydrogen-bond acceptors (Lipinski definition) is 5. The molecule has 7 heteroatoms. The minimum atomic E-state index is -0.602. The summed E-state index contributed by atoms with van der Waals surface area (Å²) in [7, 11) is 0. The number of rotatable bonds is 4. The predicted octanol–water partition coefficient (Wildman–Crippen LogP) is 6.66. The molecule has 2 aliphatic carbocycles. The van der Waals surface area contributed by atoms with E-state index in [-0.39, 0.29) is 23.0 Å². The summed E-state index contributed by atoms with van der Waals surface area (Å²) in [5.41, 5.74) is 7.40. The summed E-state index contributed by atoms with van der Waals surface area (Å²) in [5, 5.41) is 25.8. The van der Waals surface area contributed by atoms with Gasteiger partial charge in [0.05, 0.1) is 34.4 Å². The van der Waals surface area contributed by atoms with Crippen LogP contribution in [0.3, 0.4) is 0 Å². The smallest absolute Gasteiger partial charge is 0.131 e. The molecule has 0 bridgehead atoms. The Hall–Kier alpha value is -4.31. The monoisotopic (exact) mass is 505 g/mol. The quantitative estimate of drug-likeness (QED) is 0.335. The van der Waals surface area contributed by atoms with Crippen molar-refractivity contribution < 1.29 is 9.50 Å². The lowest BCUT2D eigenvalue weighted by Crippen LogP contribution is -2.45. The molecule has 0 spiro atoms. The van der Waals surface area contributed by atoms with Crippen LogP contribution in [-0.2, 0) is 18.5 Å². The fourth-order valence-corrected chi connectivity index (χ4v) is 6.55. The highest BCUT2D eigenvalue weighted by Crippen LogP contribution is 2.55. The van der Waals surface area contributed by atoms with Crippen LogP contribution >= 0.6 is 0 Å². The highest BCUT2D eigenvalue weighted by molar-refractivity contribution is 5.68. The lowest BCUT2D eigenvalue weighted by Gasteiger charge is -2.47. The minimum absolute atomic E-state index is 0.111. The maximum absolute atomic E-state index is 13.2. The number of fused-ring (bicyclic) bond motifs is 3. The van der Waals surface area contributed by atoms with Crippen molar-refractivity contribution >= 4 is 0 Å². The third kappa shape index (κ3) is 3.71. The fourth-order valence-electron chi connectivity index (χ4n) is 6.55. The normalized spacial score (nSPS) is 22.5. The Labute approximate surface area is 221 Å². The molecule has 0 saturated carbocycles. The van der Waals surface area contributed by atoms with Crippen LogP contribution in [-0.4, -0.2) is 24.9 Å². The van der Waals surface area contributed by atoms with E-state index < -0.39 is 6.67 Å². The van der Waals surface area contributed by atoms with Crippen LogP contribution < -0.4 is 0 Å². The van der Waals surface area contributed by atoms with Gasteiger partial charge in [0.2, 0.25) is 0 Å². The van der Waals surface area contributed by atoms with Crippen molar-refractivity contribution in [3.8, 4) is 34.1 Å². The van der Waals surface area contributed by atoms with Gasteiger partial charge in [-0.15, -0.1) is 0 Å². The molecule has 4 aromatic rings. The van der Waals surface area contributed by atoms with Crippen LogP contribution in [0.1, 0.15) is 43.6 Å². The van der Waals surface area contributed by atoms with Gasteiger partial charge in [0, 0.05) is 41.1 Å². The van der Waals surface area contributed by atoms with Crippen molar-refractivity contribution in [1.82, 2.24) is 19.7 Å². The standard InChI is InChI=1S/C31H28FN5O/c1-19-27-10-9-26-28(22-4-3-12-34-18-22)36-37(30(26)31(27,2)15-23(17-33)29(19)38)25-7-5-20(6-8-25)21-11-13-35-24(14-21)16-32/h3-8,11-14,18-19,27,38H,9-10,15-16H2,1-2H3/t19-,27-,31-/m1/s1. The Bertz CT molecular complexity index is 1590. The third-order valence-corrected chi connectivity index (χ3v) is 8.40. The Kier molecular flexibility index (Phi) is 5.83. The maximum Gasteiger partial charge on any atom is 0.131 e. The molecule has 0 amide bonds. The number of nitriles is 1. The molecule has 3 atom stereocenters. The van der Waals surface area contributed by atoms with Crippen LogP contribution in [0.5, 0.6) is 0 Å². The van der Waals surface area contributed by atoms with Crippen LogP contribution in [0.25, 0.3) is 28.1 Å². The molecule has 0 aliphatic heterocycles. The van der Waals surface area contributed by atoms with Crippen molar-refractivity contribution in [1.29, 1.82) is 5.26 Å². The van der Waals surface area contributed by atoms with Crippen LogP contribution in [0.15, 0.2) is 78.5 Å². The molecular weight excluding hydrogens is 477 g/mol. The molecule has 1 aromatic carbocycles. The average Bonchev–Trinajstić information content (AvgIpc) is 3.37. The summed E-state index contributed by atoms with van der Waals surface area (Å²) < 4.78 is 15.2. The van der Waals surface area contributed by atoms with Gasteiger partial charge in [-0.25, -0.2) is 9.07 Å². The summed E-state index contributed by atoms with van der Waals surface area (Å²) in [5.74, 6) is 0.298. The first-order valence-corrected chi connectivity index (χ1v) is 12.9. The van der Waals surface area contributed by atoms with Gasteiger partial charge in [0.25, 0.3) is 0 Å². The predicted molar refractivity (Wildman–Crippen MR) is 143 cm³/mol. The van der Waals surface area contributed by atoms with Crippen LogP contribution in [0.2, 0.25) is 0 Å². The van der Waals surface area contributed by atoms with Crippen molar-refractivity contribution in [2.24, 2.45) is 11.8 Å². The first-order valence-electron chi connectivity index (χ1n) is 12.9. The Morgan fingerprint density at radius 3 is 2.66 bits per heavy atom. The average molecular weight is 506 g/mol. The molecule has 190 valence electrons. The second-order valence-electron chi connectivity index (χ2n) is 10.5. The van der Waals surface area contributed by atoms with Crippen molar-refractivity contribution in [3.63, 3.8) is 0 Å². The molecule has 6 nitrogen and oxygen atoms in total. The lowest BCUT2D eigenvalue weighted by molar-refractivity contribution is 0.134. The van der Waals surface area contributed by atoms with E-state index in [1.165, 1.54) is 5.56 Å². The zero-order valence-electron chi connectivity index (χ0n) is 21.4. The van der Waals surface area contributed by atoms with Gasteiger partial charge in [-0.3, -0.25) is 9.97 Å². The van der Waals surface area contributed by atoms with Gasteiger partial charge in [0.1, 0.15) is 12.4 Å². The van der Waals surface area contributed by atoms with Gasteiger partial charge < -0.3 is 5.11 Å². The fraction of sp³-hybridized carbons (Fsp3) is 0.290. The van der Waals surface area contributed by atoms with E-state index in [0.717, 1.165) is 46.6 Å². The van der Waals surface area contributed by atoms with E-state index in [2.05, 4.69) is 23.0 Å². The van der Waals surface area contributed by atoms with Gasteiger partial charge in [-0.1, -0.05) is 26.0 Å². The van der Waals surface area contributed by atoms with Crippen LogP contribution in [0.4, 0.5) is 4.39 Å².